The summed E-state index contributed by atoms with van der Waals surface area (Å²) in [5.74, 6) is 0.362. The molecule has 0 spiro atoms. The second-order valence-electron chi connectivity index (χ2n) is 5.38. The van der Waals surface area contributed by atoms with Crippen molar-refractivity contribution in [2.24, 2.45) is 0 Å². The molecule has 1 saturated carbocycles. The van der Waals surface area contributed by atoms with Gasteiger partial charge in [0.15, 0.2) is 0 Å². The summed E-state index contributed by atoms with van der Waals surface area (Å²) in [4.78, 5) is 16.5. The number of nitrogens with zero attached hydrogens (tertiary/aromatic N) is 1. The average molecular weight is 312 g/mol. The summed E-state index contributed by atoms with van der Waals surface area (Å²) in [5.41, 5.74) is 0.461. The van der Waals surface area contributed by atoms with Crippen molar-refractivity contribution < 1.29 is 9.90 Å². The third-order valence-corrected chi connectivity index (χ3v) is 3.90. The highest BCUT2D eigenvalue weighted by molar-refractivity contribution is 6.29. The number of carbonyl (C=O) groups excluding carboxylic acids is 1. The summed E-state index contributed by atoms with van der Waals surface area (Å²) < 4.78 is 0. The molecule has 1 aromatic heterocycles. The highest BCUT2D eigenvalue weighted by Crippen LogP contribution is 2.19. The van der Waals surface area contributed by atoms with Crippen molar-refractivity contribution in [2.75, 3.05) is 11.9 Å². The Bertz CT molecular complexity index is 496. The molecule has 5 nitrogen and oxygen atoms in total. The van der Waals surface area contributed by atoms with E-state index in [1.165, 1.54) is 0 Å². The molecule has 1 heterocycles. The minimum Gasteiger partial charge on any atom is -0.391 e. The summed E-state index contributed by atoms with van der Waals surface area (Å²) in [7, 11) is 0. The zero-order valence-corrected chi connectivity index (χ0v) is 13.0. The molecule has 3 N–H and O–H groups in total. The minimum absolute atomic E-state index is 0.186. The molecule has 1 amide bonds. The van der Waals surface area contributed by atoms with Gasteiger partial charge in [0.1, 0.15) is 11.0 Å². The Morgan fingerprint density at radius 3 is 2.90 bits per heavy atom. The summed E-state index contributed by atoms with van der Waals surface area (Å²) in [6.07, 6.45) is 4.23. The lowest BCUT2D eigenvalue weighted by atomic mass is 10.1. The number of nitrogens with one attached hydrogen (secondary N) is 2. The fourth-order valence-corrected chi connectivity index (χ4v) is 2.82. The van der Waals surface area contributed by atoms with Crippen molar-refractivity contribution in [3.63, 3.8) is 0 Å². The van der Waals surface area contributed by atoms with E-state index < -0.39 is 6.10 Å². The Labute approximate surface area is 130 Å². The molecule has 116 valence electrons. The van der Waals surface area contributed by atoms with Gasteiger partial charge in [-0.3, -0.25) is 4.79 Å². The van der Waals surface area contributed by atoms with Gasteiger partial charge < -0.3 is 15.7 Å². The first-order valence-corrected chi connectivity index (χ1v) is 7.88. The van der Waals surface area contributed by atoms with Gasteiger partial charge in [0.05, 0.1) is 12.1 Å². The molecule has 1 aliphatic rings. The van der Waals surface area contributed by atoms with E-state index in [1.807, 2.05) is 6.92 Å². The largest absolute Gasteiger partial charge is 0.391 e. The number of hydrogen-bond acceptors (Lipinski definition) is 4. The molecule has 1 fully saturated rings. The first-order valence-electron chi connectivity index (χ1n) is 7.50. The molecule has 0 aliphatic heterocycles. The van der Waals surface area contributed by atoms with Gasteiger partial charge in [0.25, 0.3) is 5.91 Å². The van der Waals surface area contributed by atoms with E-state index in [0.29, 0.717) is 17.9 Å². The SMILES string of the molecule is CCNc1cc(C(=O)NC2CCCCCC2O)cc(Cl)n1. The molecule has 1 aliphatic carbocycles. The van der Waals surface area contributed by atoms with Crippen LogP contribution in [0.2, 0.25) is 5.15 Å². The van der Waals surface area contributed by atoms with Crippen LogP contribution in [0.3, 0.4) is 0 Å². The van der Waals surface area contributed by atoms with E-state index in [4.69, 9.17) is 11.6 Å². The number of pyridine rings is 1. The highest BCUT2D eigenvalue weighted by atomic mass is 35.5. The van der Waals surface area contributed by atoms with Gasteiger partial charge in [-0.1, -0.05) is 30.9 Å². The molecule has 2 atom stereocenters. The molecule has 21 heavy (non-hydrogen) atoms. The molecule has 0 bridgehead atoms. The van der Waals surface area contributed by atoms with Crippen molar-refractivity contribution in [1.82, 2.24) is 10.3 Å². The van der Waals surface area contributed by atoms with Crippen LogP contribution in [0.5, 0.6) is 0 Å². The second kappa shape index (κ2) is 7.61. The fraction of sp³-hybridized carbons (Fsp3) is 0.600. The van der Waals surface area contributed by atoms with Gasteiger partial charge in [-0.05, 0) is 31.9 Å². The van der Waals surface area contributed by atoms with Crippen molar-refractivity contribution >= 4 is 23.3 Å². The number of halogens is 1. The summed E-state index contributed by atoms with van der Waals surface area (Å²) in [6.45, 7) is 2.65. The van der Waals surface area contributed by atoms with E-state index in [9.17, 15) is 9.90 Å². The Morgan fingerprint density at radius 2 is 2.14 bits per heavy atom. The molecule has 2 rings (SSSR count). The van der Waals surface area contributed by atoms with Crippen molar-refractivity contribution in [1.29, 1.82) is 0 Å². The predicted molar refractivity (Wildman–Crippen MR) is 83.8 cm³/mol. The van der Waals surface area contributed by atoms with Crippen molar-refractivity contribution in [2.45, 2.75) is 51.2 Å². The van der Waals surface area contributed by atoms with E-state index in [1.54, 1.807) is 12.1 Å². The highest BCUT2D eigenvalue weighted by Gasteiger charge is 2.23. The van der Waals surface area contributed by atoms with E-state index in [-0.39, 0.29) is 17.1 Å². The van der Waals surface area contributed by atoms with Crippen LogP contribution in [0.25, 0.3) is 0 Å². The van der Waals surface area contributed by atoms with Gasteiger partial charge in [0, 0.05) is 12.1 Å². The van der Waals surface area contributed by atoms with Gasteiger partial charge in [-0.25, -0.2) is 4.98 Å². The molecule has 0 saturated heterocycles. The smallest absolute Gasteiger partial charge is 0.251 e. The maximum Gasteiger partial charge on any atom is 0.251 e. The van der Waals surface area contributed by atoms with E-state index in [0.717, 1.165) is 32.1 Å². The summed E-state index contributed by atoms with van der Waals surface area (Å²) in [6, 6.07) is 3.03. The van der Waals surface area contributed by atoms with Crippen LogP contribution in [-0.4, -0.2) is 34.7 Å². The maximum atomic E-state index is 12.3. The van der Waals surface area contributed by atoms with Gasteiger partial charge >= 0.3 is 0 Å². The van der Waals surface area contributed by atoms with E-state index >= 15 is 0 Å². The maximum absolute atomic E-state index is 12.3. The number of amides is 1. The summed E-state index contributed by atoms with van der Waals surface area (Å²) in [5, 5.41) is 16.3. The fourth-order valence-electron chi connectivity index (χ4n) is 2.61. The number of aromatic nitrogens is 1. The van der Waals surface area contributed by atoms with Crippen LogP contribution < -0.4 is 10.6 Å². The third-order valence-electron chi connectivity index (χ3n) is 3.71. The van der Waals surface area contributed by atoms with Gasteiger partial charge in [-0.2, -0.15) is 0 Å². The zero-order chi connectivity index (χ0) is 15.2. The monoisotopic (exact) mass is 311 g/mol. The van der Waals surface area contributed by atoms with Crippen LogP contribution >= 0.6 is 11.6 Å². The first-order chi connectivity index (χ1) is 10.1. The van der Waals surface area contributed by atoms with Crippen LogP contribution in [0, 0.1) is 0 Å². The number of aliphatic hydroxyl groups is 1. The predicted octanol–water partition coefficient (Wildman–Crippen LogP) is 2.59. The zero-order valence-electron chi connectivity index (χ0n) is 12.2. The molecule has 0 aromatic carbocycles. The number of aliphatic hydroxyl groups excluding tert-OH is 1. The lowest BCUT2D eigenvalue weighted by Crippen LogP contribution is -2.42. The van der Waals surface area contributed by atoms with Crippen LogP contribution in [0.1, 0.15) is 49.4 Å². The number of rotatable bonds is 4. The topological polar surface area (TPSA) is 74.2 Å². The average Bonchev–Trinajstić information content (AvgIpc) is 2.64. The molecule has 0 radical (unpaired) electrons. The second-order valence-corrected chi connectivity index (χ2v) is 5.77. The molecule has 1 aromatic rings. The molecular weight excluding hydrogens is 290 g/mol. The lowest BCUT2D eigenvalue weighted by molar-refractivity contribution is 0.0818. The number of carbonyl (C=O) groups is 1. The molecule has 6 heteroatoms. The Balaban J connectivity index is 2.08. The quantitative estimate of drug-likeness (QED) is 0.590. The standard InChI is InChI=1S/C15H22ClN3O2/c1-2-17-14-9-10(8-13(16)19-14)15(21)18-11-6-4-3-5-7-12(11)20/h8-9,11-12,20H,2-7H2,1H3,(H,17,19)(H,18,21). The Morgan fingerprint density at radius 1 is 1.38 bits per heavy atom. The number of hydrogen-bond donors (Lipinski definition) is 3. The number of anilines is 1. The van der Waals surface area contributed by atoms with Gasteiger partial charge in [-0.15, -0.1) is 0 Å². The third kappa shape index (κ3) is 4.58. The molecule has 2 unspecified atom stereocenters. The Hall–Kier alpha value is -1.33. The Kier molecular flexibility index (Phi) is 5.82. The lowest BCUT2D eigenvalue weighted by Gasteiger charge is -2.22. The minimum atomic E-state index is -0.470. The van der Waals surface area contributed by atoms with Crippen LogP contribution in [0.4, 0.5) is 5.82 Å². The molecular formula is C15H22ClN3O2. The van der Waals surface area contributed by atoms with Crippen molar-refractivity contribution in [3.05, 3.63) is 22.8 Å². The summed E-state index contributed by atoms with van der Waals surface area (Å²) >= 11 is 5.95. The van der Waals surface area contributed by atoms with Gasteiger partial charge in [0.2, 0.25) is 0 Å². The van der Waals surface area contributed by atoms with Crippen LogP contribution in [0.15, 0.2) is 12.1 Å². The first kappa shape index (κ1) is 16.0. The van der Waals surface area contributed by atoms with Crippen LogP contribution in [-0.2, 0) is 0 Å². The normalized spacial score (nSPS) is 22.4. The van der Waals surface area contributed by atoms with Crippen molar-refractivity contribution in [3.8, 4) is 0 Å². The van der Waals surface area contributed by atoms with E-state index in [2.05, 4.69) is 15.6 Å².